The van der Waals surface area contributed by atoms with Crippen LogP contribution in [0.3, 0.4) is 0 Å². The number of halogens is 1. The predicted octanol–water partition coefficient (Wildman–Crippen LogP) is 4.25. The lowest BCUT2D eigenvalue weighted by atomic mass is 10.2. The van der Waals surface area contributed by atoms with E-state index in [9.17, 15) is 14.4 Å². The molecule has 2 rings (SSSR count). The highest BCUT2D eigenvalue weighted by molar-refractivity contribution is 7.14. The van der Waals surface area contributed by atoms with Crippen LogP contribution in [0.4, 0.5) is 5.69 Å². The van der Waals surface area contributed by atoms with Gasteiger partial charge in [-0.05, 0) is 44.2 Å². The van der Waals surface area contributed by atoms with Crippen molar-refractivity contribution in [1.29, 1.82) is 0 Å². The van der Waals surface area contributed by atoms with Gasteiger partial charge in [-0.2, -0.15) is 0 Å². The first kappa shape index (κ1) is 20.9. The third-order valence-corrected chi connectivity index (χ3v) is 4.95. The van der Waals surface area contributed by atoms with Crippen LogP contribution in [-0.2, 0) is 14.3 Å². The van der Waals surface area contributed by atoms with Crippen LogP contribution in [-0.4, -0.2) is 30.9 Å². The van der Waals surface area contributed by atoms with E-state index >= 15 is 0 Å². The molecule has 0 radical (unpaired) electrons. The van der Waals surface area contributed by atoms with E-state index in [-0.39, 0.29) is 18.6 Å². The van der Waals surface area contributed by atoms with Crippen molar-refractivity contribution in [2.75, 3.05) is 12.4 Å². The molecule has 8 heteroatoms. The number of amides is 1. The molecule has 2 aromatic rings. The number of esters is 1. The lowest BCUT2D eigenvalue weighted by Gasteiger charge is -2.15. The third kappa shape index (κ3) is 6.08. The molecule has 0 aliphatic carbocycles. The Morgan fingerprint density at radius 3 is 2.56 bits per heavy atom. The van der Waals surface area contributed by atoms with Crippen molar-refractivity contribution in [3.63, 3.8) is 0 Å². The molecular formula is C19H20ClNO5S. The van der Waals surface area contributed by atoms with Crippen LogP contribution in [0, 0.1) is 6.92 Å². The molecule has 0 bridgehead atoms. The van der Waals surface area contributed by atoms with Gasteiger partial charge in [-0.3, -0.25) is 14.4 Å². The van der Waals surface area contributed by atoms with Gasteiger partial charge in [-0.1, -0.05) is 11.6 Å². The minimum atomic E-state index is -1.03. The Morgan fingerprint density at radius 1 is 1.19 bits per heavy atom. The molecule has 144 valence electrons. The predicted molar refractivity (Wildman–Crippen MR) is 105 cm³/mol. The maximum Gasteiger partial charge on any atom is 0.307 e. The van der Waals surface area contributed by atoms with Gasteiger partial charge in [0.05, 0.1) is 24.1 Å². The number of carbonyl (C=O) groups is 3. The minimum Gasteiger partial charge on any atom is -0.495 e. The van der Waals surface area contributed by atoms with Crippen LogP contribution >= 0.6 is 22.9 Å². The van der Waals surface area contributed by atoms with E-state index in [0.717, 1.165) is 4.88 Å². The highest BCUT2D eigenvalue weighted by atomic mass is 35.5. The zero-order valence-electron chi connectivity index (χ0n) is 15.2. The molecule has 1 N–H and O–H groups in total. The van der Waals surface area contributed by atoms with E-state index in [1.54, 1.807) is 18.2 Å². The van der Waals surface area contributed by atoms with Crippen LogP contribution in [0.1, 0.15) is 34.3 Å². The number of benzene rings is 1. The van der Waals surface area contributed by atoms with Crippen molar-refractivity contribution in [3.05, 3.63) is 45.1 Å². The summed E-state index contributed by atoms with van der Waals surface area (Å²) in [5.74, 6) is -0.824. The molecule has 0 aliphatic rings. The van der Waals surface area contributed by atoms with E-state index in [1.165, 1.54) is 31.4 Å². The topological polar surface area (TPSA) is 81.7 Å². The number of nitrogens with one attached hydrogen (secondary N) is 1. The first-order chi connectivity index (χ1) is 12.8. The summed E-state index contributed by atoms with van der Waals surface area (Å²) in [6.45, 7) is 3.36. The van der Waals surface area contributed by atoms with E-state index in [1.807, 2.05) is 13.0 Å². The number of hydrogen-bond donors (Lipinski definition) is 1. The van der Waals surface area contributed by atoms with Crippen molar-refractivity contribution in [3.8, 4) is 5.75 Å². The molecule has 1 heterocycles. The number of Topliss-reactive ketones (excluding diaryl/α,β-unsaturated/α-hetero) is 1. The average molecular weight is 410 g/mol. The van der Waals surface area contributed by atoms with Crippen LogP contribution < -0.4 is 10.1 Å². The molecule has 0 unspecified atom stereocenters. The van der Waals surface area contributed by atoms with Gasteiger partial charge < -0.3 is 14.8 Å². The summed E-state index contributed by atoms with van der Waals surface area (Å²) in [6.07, 6.45) is -1.08. The fourth-order valence-corrected chi connectivity index (χ4v) is 3.25. The van der Waals surface area contributed by atoms with Crippen molar-refractivity contribution in [1.82, 2.24) is 0 Å². The largest absolute Gasteiger partial charge is 0.495 e. The molecule has 1 atom stereocenters. The molecule has 0 fully saturated rings. The highest BCUT2D eigenvalue weighted by Gasteiger charge is 2.20. The van der Waals surface area contributed by atoms with Gasteiger partial charge in [0.15, 0.2) is 11.9 Å². The van der Waals surface area contributed by atoms with Crippen LogP contribution in [0.5, 0.6) is 5.75 Å². The average Bonchev–Trinajstić information content (AvgIpc) is 3.06. The number of methoxy groups -OCH3 is 1. The summed E-state index contributed by atoms with van der Waals surface area (Å²) in [5.41, 5.74) is 0.376. The summed E-state index contributed by atoms with van der Waals surface area (Å²) in [5, 5.41) is 3.04. The Balaban J connectivity index is 1.85. The second kappa shape index (κ2) is 9.53. The maximum absolute atomic E-state index is 12.2. The first-order valence-electron chi connectivity index (χ1n) is 8.23. The second-order valence-corrected chi connectivity index (χ2v) is 7.52. The normalized spacial score (nSPS) is 11.6. The second-order valence-electron chi connectivity index (χ2n) is 5.80. The third-order valence-electron chi connectivity index (χ3n) is 3.67. The monoisotopic (exact) mass is 409 g/mol. The Kier molecular flexibility index (Phi) is 7.38. The van der Waals surface area contributed by atoms with E-state index in [4.69, 9.17) is 21.1 Å². The molecule has 0 aliphatic heterocycles. The van der Waals surface area contributed by atoms with Crippen molar-refractivity contribution >= 4 is 46.3 Å². The lowest BCUT2D eigenvalue weighted by molar-refractivity contribution is -0.153. The van der Waals surface area contributed by atoms with Gasteiger partial charge in [-0.15, -0.1) is 11.3 Å². The number of anilines is 1. The lowest BCUT2D eigenvalue weighted by Crippen LogP contribution is -2.30. The standard InChI is InChI=1S/C19H20ClNO5S/c1-11-4-8-17(27-11)15(22)6-9-18(23)26-12(2)19(24)21-14-10-13(20)5-7-16(14)25-3/h4-5,7-8,10,12H,6,9H2,1-3H3,(H,21,24)/t12-/m0/s1. The van der Waals surface area contributed by atoms with Gasteiger partial charge in [0.2, 0.25) is 0 Å². The molecule has 1 aromatic heterocycles. The number of hydrogen-bond acceptors (Lipinski definition) is 6. The SMILES string of the molecule is COc1ccc(Cl)cc1NC(=O)[C@H](C)OC(=O)CCC(=O)c1ccc(C)s1. The van der Waals surface area contributed by atoms with Crippen molar-refractivity contribution in [2.24, 2.45) is 0 Å². The number of ether oxygens (including phenoxy) is 2. The molecule has 27 heavy (non-hydrogen) atoms. The van der Waals surface area contributed by atoms with E-state index in [0.29, 0.717) is 21.3 Å². The molecule has 1 aromatic carbocycles. The van der Waals surface area contributed by atoms with E-state index in [2.05, 4.69) is 5.32 Å². The fourth-order valence-electron chi connectivity index (χ4n) is 2.25. The quantitative estimate of drug-likeness (QED) is 0.520. The Labute approximate surface area is 166 Å². The number of aryl methyl sites for hydroxylation is 1. The Hall–Kier alpha value is -2.38. The Bertz CT molecular complexity index is 848. The summed E-state index contributed by atoms with van der Waals surface area (Å²) >= 11 is 7.30. The highest BCUT2D eigenvalue weighted by Crippen LogP contribution is 2.27. The van der Waals surface area contributed by atoms with Crippen LogP contribution in [0.15, 0.2) is 30.3 Å². The minimum absolute atomic E-state index is 0.0369. The summed E-state index contributed by atoms with van der Waals surface area (Å²) in [7, 11) is 1.47. The van der Waals surface area contributed by atoms with E-state index < -0.39 is 18.0 Å². The number of thiophene rings is 1. The van der Waals surface area contributed by atoms with Crippen molar-refractivity contribution in [2.45, 2.75) is 32.8 Å². The zero-order valence-corrected chi connectivity index (χ0v) is 16.8. The number of carbonyl (C=O) groups excluding carboxylic acids is 3. The molecule has 0 saturated carbocycles. The maximum atomic E-state index is 12.2. The van der Waals surface area contributed by atoms with Gasteiger partial charge in [-0.25, -0.2) is 0 Å². The van der Waals surface area contributed by atoms with Crippen molar-refractivity contribution < 1.29 is 23.9 Å². The smallest absolute Gasteiger partial charge is 0.307 e. The molecule has 0 saturated heterocycles. The van der Waals surface area contributed by atoms with Gasteiger partial charge in [0.25, 0.3) is 5.91 Å². The molecule has 6 nitrogen and oxygen atoms in total. The van der Waals surface area contributed by atoms with Crippen LogP contribution in [0.2, 0.25) is 5.02 Å². The van der Waals surface area contributed by atoms with Gasteiger partial charge >= 0.3 is 5.97 Å². The summed E-state index contributed by atoms with van der Waals surface area (Å²) < 4.78 is 10.3. The van der Waals surface area contributed by atoms with Crippen LogP contribution in [0.25, 0.3) is 0 Å². The summed E-state index contributed by atoms with van der Waals surface area (Å²) in [6, 6.07) is 8.38. The van der Waals surface area contributed by atoms with Gasteiger partial charge in [0, 0.05) is 16.3 Å². The Morgan fingerprint density at radius 2 is 1.93 bits per heavy atom. The molecule has 1 amide bonds. The first-order valence-corrected chi connectivity index (χ1v) is 9.43. The molecular weight excluding hydrogens is 390 g/mol. The number of ketones is 1. The zero-order chi connectivity index (χ0) is 20.0. The molecule has 0 spiro atoms. The fraction of sp³-hybridized carbons (Fsp3) is 0.316. The van der Waals surface area contributed by atoms with Gasteiger partial charge in [0.1, 0.15) is 5.75 Å². The number of rotatable bonds is 8. The summed E-state index contributed by atoms with van der Waals surface area (Å²) in [4.78, 5) is 37.8.